The second kappa shape index (κ2) is 7.43. The van der Waals surface area contributed by atoms with Crippen LogP contribution in [0.2, 0.25) is 5.02 Å². The molecule has 154 valence electrons. The van der Waals surface area contributed by atoms with E-state index in [1.807, 2.05) is 0 Å². The maximum atomic E-state index is 13.5. The highest BCUT2D eigenvalue weighted by Crippen LogP contribution is 2.37. The molecule has 11 heteroatoms. The molecule has 0 radical (unpaired) electrons. The van der Waals surface area contributed by atoms with Crippen LogP contribution in [0.25, 0.3) is 10.9 Å². The third kappa shape index (κ3) is 3.63. The van der Waals surface area contributed by atoms with Gasteiger partial charge < -0.3 is 4.98 Å². The van der Waals surface area contributed by atoms with Crippen molar-refractivity contribution >= 4 is 32.5 Å². The average molecular weight is 438 g/mol. The molecule has 2 aromatic heterocycles. The van der Waals surface area contributed by atoms with Crippen molar-refractivity contribution in [3.05, 3.63) is 56.0 Å². The molecular formula is C18H20ClN5O4S. The van der Waals surface area contributed by atoms with E-state index < -0.39 is 27.3 Å². The zero-order valence-corrected chi connectivity index (χ0v) is 17.3. The average Bonchev–Trinajstić information content (AvgIpc) is 2.85. The predicted molar refractivity (Wildman–Crippen MR) is 109 cm³/mol. The minimum atomic E-state index is -3.93. The van der Waals surface area contributed by atoms with E-state index in [9.17, 15) is 18.0 Å². The first kappa shape index (κ1) is 19.9. The van der Waals surface area contributed by atoms with Gasteiger partial charge in [-0.1, -0.05) is 24.4 Å². The largest absolute Gasteiger partial charge is 0.326 e. The zero-order chi connectivity index (χ0) is 20.8. The quantitative estimate of drug-likeness (QED) is 0.648. The molecule has 0 saturated carbocycles. The molecule has 0 aliphatic carbocycles. The number of aromatic nitrogens is 4. The summed E-state index contributed by atoms with van der Waals surface area (Å²) in [7, 11) is -2.19. The summed E-state index contributed by atoms with van der Waals surface area (Å²) in [4.78, 5) is 28.2. The molecule has 1 unspecified atom stereocenters. The highest BCUT2D eigenvalue weighted by Gasteiger charge is 2.36. The fourth-order valence-corrected chi connectivity index (χ4v) is 5.78. The molecule has 1 fully saturated rings. The number of hydrogen-bond donors (Lipinski definition) is 2. The van der Waals surface area contributed by atoms with Gasteiger partial charge in [-0.3, -0.25) is 14.5 Å². The van der Waals surface area contributed by atoms with Gasteiger partial charge in [0.2, 0.25) is 10.0 Å². The number of benzene rings is 1. The number of aryl methyl sites for hydroxylation is 1. The smallest absolute Gasteiger partial charge is 0.307 e. The van der Waals surface area contributed by atoms with Crippen LogP contribution in [0.15, 0.2) is 38.9 Å². The van der Waals surface area contributed by atoms with Crippen molar-refractivity contribution in [2.75, 3.05) is 6.54 Å². The number of aromatic amines is 2. The second-order valence-corrected chi connectivity index (χ2v) is 9.43. The van der Waals surface area contributed by atoms with Crippen molar-refractivity contribution in [2.24, 2.45) is 7.05 Å². The molecule has 0 amide bonds. The SMILES string of the molecule is Cn1cc(Cl)c(C2CCCCCN2S(=O)(=O)c2ccc3[nH]c(=O)[nH]c(=O)c3c2)n1. The Morgan fingerprint density at radius 2 is 1.97 bits per heavy atom. The minimum absolute atomic E-state index is 0.0125. The lowest BCUT2D eigenvalue weighted by molar-refractivity contribution is 0.321. The van der Waals surface area contributed by atoms with E-state index in [1.54, 1.807) is 17.9 Å². The monoisotopic (exact) mass is 437 g/mol. The van der Waals surface area contributed by atoms with Crippen molar-refractivity contribution in [1.29, 1.82) is 0 Å². The van der Waals surface area contributed by atoms with E-state index in [0.29, 0.717) is 23.7 Å². The fraction of sp³-hybridized carbons (Fsp3) is 0.389. The van der Waals surface area contributed by atoms with Crippen LogP contribution in [0, 0.1) is 0 Å². The van der Waals surface area contributed by atoms with Gasteiger partial charge in [0.05, 0.1) is 32.6 Å². The standard InChI is InChI=1S/C18H20ClN5O4S/c1-23-10-13(19)16(22-23)15-5-3-2-4-8-24(15)29(27,28)11-6-7-14-12(9-11)17(25)21-18(26)20-14/h6-7,9-10,15H,2-5,8H2,1H3,(H2,20,21,25,26). The van der Waals surface area contributed by atoms with Crippen LogP contribution < -0.4 is 11.2 Å². The molecule has 1 aliphatic rings. The summed E-state index contributed by atoms with van der Waals surface area (Å²) in [6.07, 6.45) is 4.76. The lowest BCUT2D eigenvalue weighted by atomic mass is 10.1. The number of nitrogens with zero attached hydrogens (tertiary/aromatic N) is 3. The Kier molecular flexibility index (Phi) is 5.09. The first-order chi connectivity index (χ1) is 13.8. The highest BCUT2D eigenvalue weighted by molar-refractivity contribution is 7.89. The molecular weight excluding hydrogens is 418 g/mol. The van der Waals surface area contributed by atoms with Crippen molar-refractivity contribution in [3.8, 4) is 0 Å². The fourth-order valence-electron chi connectivity index (χ4n) is 3.79. The van der Waals surface area contributed by atoms with Crippen molar-refractivity contribution in [2.45, 2.75) is 36.6 Å². The van der Waals surface area contributed by atoms with Crippen LogP contribution in [-0.2, 0) is 17.1 Å². The van der Waals surface area contributed by atoms with E-state index in [1.165, 1.54) is 22.5 Å². The summed E-state index contributed by atoms with van der Waals surface area (Å²) in [6.45, 7) is 0.333. The van der Waals surface area contributed by atoms with Crippen molar-refractivity contribution in [1.82, 2.24) is 24.1 Å². The first-order valence-corrected chi connectivity index (χ1v) is 11.1. The molecule has 3 heterocycles. The molecule has 0 spiro atoms. The third-order valence-electron chi connectivity index (χ3n) is 5.15. The van der Waals surface area contributed by atoms with Gasteiger partial charge in [0.25, 0.3) is 5.56 Å². The van der Waals surface area contributed by atoms with Crippen LogP contribution in [0.1, 0.15) is 37.4 Å². The topological polar surface area (TPSA) is 121 Å². The molecule has 4 rings (SSSR count). The summed E-state index contributed by atoms with van der Waals surface area (Å²) in [6, 6.07) is 3.64. The van der Waals surface area contributed by atoms with Crippen LogP contribution in [0.3, 0.4) is 0 Å². The van der Waals surface area contributed by atoms with Gasteiger partial charge in [-0.05, 0) is 31.0 Å². The lowest BCUT2D eigenvalue weighted by Gasteiger charge is -2.28. The maximum absolute atomic E-state index is 13.5. The molecule has 1 aliphatic heterocycles. The number of hydrogen-bond acceptors (Lipinski definition) is 5. The minimum Gasteiger partial charge on any atom is -0.307 e. The zero-order valence-electron chi connectivity index (χ0n) is 15.7. The Hall–Kier alpha value is -2.43. The molecule has 29 heavy (non-hydrogen) atoms. The number of sulfonamides is 1. The van der Waals surface area contributed by atoms with E-state index in [4.69, 9.17) is 11.6 Å². The van der Waals surface area contributed by atoms with E-state index in [0.717, 1.165) is 19.3 Å². The summed E-state index contributed by atoms with van der Waals surface area (Å²) in [5.41, 5.74) is -0.475. The second-order valence-electron chi connectivity index (χ2n) is 7.13. The van der Waals surface area contributed by atoms with Gasteiger partial charge in [0.15, 0.2) is 0 Å². The Labute approximate surface area is 171 Å². The molecule has 2 N–H and O–H groups in total. The van der Waals surface area contributed by atoms with Gasteiger partial charge in [0, 0.05) is 19.8 Å². The summed E-state index contributed by atoms with van der Waals surface area (Å²) in [5.74, 6) is 0. The summed E-state index contributed by atoms with van der Waals surface area (Å²) < 4.78 is 30.1. The number of rotatable bonds is 3. The predicted octanol–water partition coefficient (Wildman–Crippen LogP) is 1.91. The van der Waals surface area contributed by atoms with E-state index in [-0.39, 0.29) is 15.8 Å². The van der Waals surface area contributed by atoms with Crippen molar-refractivity contribution in [3.63, 3.8) is 0 Å². The van der Waals surface area contributed by atoms with Crippen molar-refractivity contribution < 1.29 is 8.42 Å². The molecule has 0 bridgehead atoms. The molecule has 1 atom stereocenters. The molecule has 1 aromatic carbocycles. The molecule has 3 aromatic rings. The Bertz CT molecular complexity index is 1290. The van der Waals surface area contributed by atoms with E-state index in [2.05, 4.69) is 15.1 Å². The first-order valence-electron chi connectivity index (χ1n) is 9.24. The van der Waals surface area contributed by atoms with Crippen LogP contribution >= 0.6 is 11.6 Å². The van der Waals surface area contributed by atoms with Gasteiger partial charge >= 0.3 is 5.69 Å². The number of halogens is 1. The van der Waals surface area contributed by atoms with Crippen LogP contribution in [0.5, 0.6) is 0 Å². The number of nitrogens with one attached hydrogen (secondary N) is 2. The van der Waals surface area contributed by atoms with E-state index >= 15 is 0 Å². The Morgan fingerprint density at radius 3 is 2.69 bits per heavy atom. The number of H-pyrrole nitrogens is 2. The third-order valence-corrected chi connectivity index (χ3v) is 7.34. The van der Waals surface area contributed by atoms with Crippen LogP contribution in [-0.4, -0.2) is 39.0 Å². The van der Waals surface area contributed by atoms with Gasteiger partial charge in [-0.25, -0.2) is 13.2 Å². The maximum Gasteiger partial charge on any atom is 0.326 e. The number of fused-ring (bicyclic) bond motifs is 1. The summed E-state index contributed by atoms with van der Waals surface area (Å²) >= 11 is 6.32. The molecule has 1 saturated heterocycles. The Morgan fingerprint density at radius 1 is 1.17 bits per heavy atom. The highest BCUT2D eigenvalue weighted by atomic mass is 35.5. The van der Waals surface area contributed by atoms with Gasteiger partial charge in [-0.15, -0.1) is 0 Å². The van der Waals surface area contributed by atoms with Crippen LogP contribution in [0.4, 0.5) is 0 Å². The van der Waals surface area contributed by atoms with Gasteiger partial charge in [0.1, 0.15) is 0 Å². The lowest BCUT2D eigenvalue weighted by Crippen LogP contribution is -2.35. The molecule has 9 nitrogen and oxygen atoms in total. The normalized spacial score (nSPS) is 18.8. The van der Waals surface area contributed by atoms with Gasteiger partial charge in [-0.2, -0.15) is 9.40 Å². The summed E-state index contributed by atoms with van der Waals surface area (Å²) in [5, 5.41) is 4.92. The Balaban J connectivity index is 1.83.